The summed E-state index contributed by atoms with van der Waals surface area (Å²) in [6, 6.07) is 14.6. The van der Waals surface area contributed by atoms with Crippen molar-refractivity contribution in [2.45, 2.75) is 116 Å². The first kappa shape index (κ1) is 30.8. The lowest BCUT2D eigenvalue weighted by Gasteiger charge is -2.38. The summed E-state index contributed by atoms with van der Waals surface area (Å²) in [6.45, 7) is 2.88. The van der Waals surface area contributed by atoms with Gasteiger partial charge in [-0.05, 0) is 67.3 Å². The fraction of sp³-hybridized carbons (Fsp3) is 0.571. The van der Waals surface area contributed by atoms with Crippen LogP contribution in [0, 0.1) is 0 Å². The van der Waals surface area contributed by atoms with Crippen molar-refractivity contribution in [2.75, 3.05) is 14.2 Å². The number of ether oxygens (including phenoxy) is 2. The summed E-state index contributed by atoms with van der Waals surface area (Å²) < 4.78 is 11.1. The molecule has 1 aliphatic rings. The van der Waals surface area contributed by atoms with E-state index in [-0.39, 0.29) is 11.9 Å². The fourth-order valence-electron chi connectivity index (χ4n) is 5.64. The van der Waals surface area contributed by atoms with Crippen molar-refractivity contribution in [2.24, 2.45) is 0 Å². The molecule has 0 N–H and O–H groups in total. The van der Waals surface area contributed by atoms with E-state index in [0.29, 0.717) is 13.0 Å². The molecule has 1 amide bonds. The summed E-state index contributed by atoms with van der Waals surface area (Å²) in [4.78, 5) is 15.5. The first-order valence-corrected chi connectivity index (χ1v) is 15.4. The van der Waals surface area contributed by atoms with Crippen molar-refractivity contribution in [1.29, 1.82) is 0 Å². The summed E-state index contributed by atoms with van der Waals surface area (Å²) in [7, 11) is 3.33. The van der Waals surface area contributed by atoms with E-state index in [0.717, 1.165) is 36.3 Å². The highest BCUT2D eigenvalue weighted by Crippen LogP contribution is 2.39. The number of carbonyl (C=O) groups excluding carboxylic acids is 1. The maximum Gasteiger partial charge on any atom is 0.223 e. The van der Waals surface area contributed by atoms with E-state index in [2.05, 4.69) is 54.3 Å². The molecule has 0 radical (unpaired) electrons. The molecular weight excluding hydrogens is 482 g/mol. The Morgan fingerprint density at radius 1 is 0.795 bits per heavy atom. The Hall–Kier alpha value is -2.75. The molecule has 3 rings (SSSR count). The Kier molecular flexibility index (Phi) is 14.0. The van der Waals surface area contributed by atoms with Gasteiger partial charge in [0.1, 0.15) is 0 Å². The number of carbonyl (C=O) groups is 1. The molecule has 4 heteroatoms. The number of nitrogens with zero attached hydrogens (tertiary/aromatic N) is 1. The molecule has 2 aromatic carbocycles. The highest BCUT2D eigenvalue weighted by molar-refractivity contribution is 5.77. The second kappa shape index (κ2) is 17.8. The smallest absolute Gasteiger partial charge is 0.223 e. The van der Waals surface area contributed by atoms with E-state index < -0.39 is 0 Å². The van der Waals surface area contributed by atoms with Crippen LogP contribution >= 0.6 is 0 Å². The van der Waals surface area contributed by atoms with Gasteiger partial charge in [-0.1, -0.05) is 101 Å². The fourth-order valence-corrected chi connectivity index (χ4v) is 5.64. The predicted octanol–water partition coefficient (Wildman–Crippen LogP) is 9.37. The van der Waals surface area contributed by atoms with Crippen molar-refractivity contribution in [3.8, 4) is 11.5 Å². The molecule has 1 aliphatic heterocycles. The first-order valence-electron chi connectivity index (χ1n) is 15.4. The topological polar surface area (TPSA) is 38.8 Å². The molecule has 39 heavy (non-hydrogen) atoms. The SMILES string of the molecule is CCCCCCCCC=CCCCCCCCC(=O)N1Cc2cc(OC)c(OC)cc2CC1c1ccccc1. The van der Waals surface area contributed by atoms with Crippen molar-refractivity contribution >= 4 is 5.91 Å². The van der Waals surface area contributed by atoms with Crippen LogP contribution in [0.1, 0.15) is 120 Å². The number of benzene rings is 2. The molecule has 1 unspecified atom stereocenters. The summed E-state index contributed by atoms with van der Waals surface area (Å²) in [5.74, 6) is 1.72. The number of methoxy groups -OCH3 is 2. The Morgan fingerprint density at radius 3 is 1.97 bits per heavy atom. The van der Waals surface area contributed by atoms with Gasteiger partial charge in [0, 0.05) is 13.0 Å². The van der Waals surface area contributed by atoms with Crippen LogP contribution in [0.4, 0.5) is 0 Å². The molecule has 0 bridgehead atoms. The lowest BCUT2D eigenvalue weighted by molar-refractivity contribution is -0.135. The van der Waals surface area contributed by atoms with E-state index >= 15 is 0 Å². The molecule has 0 aromatic heterocycles. The van der Waals surface area contributed by atoms with E-state index in [9.17, 15) is 4.79 Å². The van der Waals surface area contributed by atoms with Crippen LogP contribution in [-0.4, -0.2) is 25.0 Å². The summed E-state index contributed by atoms with van der Waals surface area (Å²) >= 11 is 0. The van der Waals surface area contributed by atoms with Crippen LogP contribution in [0.2, 0.25) is 0 Å². The molecule has 214 valence electrons. The summed E-state index contributed by atoms with van der Waals surface area (Å²) in [5.41, 5.74) is 3.57. The number of fused-ring (bicyclic) bond motifs is 1. The number of allylic oxidation sites excluding steroid dienone is 2. The molecule has 4 nitrogen and oxygen atoms in total. The normalized spacial score (nSPS) is 14.9. The standard InChI is InChI=1S/C35H51NO3/c1-4-5-6-7-8-9-10-11-12-13-14-15-16-17-21-24-35(37)36-28-31-27-34(39-3)33(38-2)26-30(31)25-32(36)29-22-19-18-20-23-29/h11-12,18-20,22-23,26-27,32H,4-10,13-17,21,24-25,28H2,1-3H3. The average molecular weight is 534 g/mol. The average Bonchev–Trinajstić information content (AvgIpc) is 2.98. The Bertz CT molecular complexity index is 1000. The number of unbranched alkanes of at least 4 members (excludes halogenated alkanes) is 11. The zero-order valence-corrected chi connectivity index (χ0v) is 24.8. The van der Waals surface area contributed by atoms with Crippen LogP contribution in [0.15, 0.2) is 54.6 Å². The van der Waals surface area contributed by atoms with Crippen LogP contribution in [0.25, 0.3) is 0 Å². The summed E-state index contributed by atoms with van der Waals surface area (Å²) in [6.07, 6.45) is 22.6. The molecule has 0 spiro atoms. The number of hydrogen-bond donors (Lipinski definition) is 0. The monoisotopic (exact) mass is 533 g/mol. The Morgan fingerprint density at radius 2 is 1.36 bits per heavy atom. The maximum atomic E-state index is 13.5. The van der Waals surface area contributed by atoms with Gasteiger partial charge in [0.2, 0.25) is 5.91 Å². The van der Waals surface area contributed by atoms with Gasteiger partial charge in [-0.3, -0.25) is 4.79 Å². The van der Waals surface area contributed by atoms with Gasteiger partial charge in [-0.2, -0.15) is 0 Å². The zero-order chi connectivity index (χ0) is 27.7. The van der Waals surface area contributed by atoms with Crippen molar-refractivity contribution < 1.29 is 14.3 Å². The number of rotatable bonds is 18. The maximum absolute atomic E-state index is 13.5. The summed E-state index contributed by atoms with van der Waals surface area (Å²) in [5, 5.41) is 0. The van der Waals surface area contributed by atoms with Crippen LogP contribution in [0.3, 0.4) is 0 Å². The third-order valence-corrected chi connectivity index (χ3v) is 7.99. The Balaban J connectivity index is 1.41. The Labute approximate surface area is 237 Å². The number of amides is 1. The minimum absolute atomic E-state index is 0.0485. The molecule has 1 atom stereocenters. The van der Waals surface area contributed by atoms with E-state index in [1.54, 1.807) is 14.2 Å². The van der Waals surface area contributed by atoms with Crippen LogP contribution in [-0.2, 0) is 17.8 Å². The van der Waals surface area contributed by atoms with Gasteiger partial charge in [0.15, 0.2) is 11.5 Å². The molecule has 2 aromatic rings. The van der Waals surface area contributed by atoms with Crippen molar-refractivity contribution in [3.63, 3.8) is 0 Å². The molecule has 0 fully saturated rings. The molecular formula is C35H51NO3. The van der Waals surface area contributed by atoms with Gasteiger partial charge < -0.3 is 14.4 Å². The third-order valence-electron chi connectivity index (χ3n) is 7.99. The lowest BCUT2D eigenvalue weighted by Crippen LogP contribution is -2.38. The minimum Gasteiger partial charge on any atom is -0.493 e. The van der Waals surface area contributed by atoms with Crippen molar-refractivity contribution in [3.05, 3.63) is 71.3 Å². The molecule has 0 saturated heterocycles. The first-order chi connectivity index (χ1) is 19.2. The second-order valence-electron chi connectivity index (χ2n) is 11.0. The third kappa shape index (κ3) is 10.1. The lowest BCUT2D eigenvalue weighted by atomic mass is 9.89. The van der Waals surface area contributed by atoms with Gasteiger partial charge in [-0.15, -0.1) is 0 Å². The van der Waals surface area contributed by atoms with Gasteiger partial charge in [-0.25, -0.2) is 0 Å². The van der Waals surface area contributed by atoms with Crippen molar-refractivity contribution in [1.82, 2.24) is 4.90 Å². The molecule has 0 saturated carbocycles. The second-order valence-corrected chi connectivity index (χ2v) is 11.0. The van der Waals surface area contributed by atoms with Gasteiger partial charge >= 0.3 is 0 Å². The van der Waals surface area contributed by atoms with Gasteiger partial charge in [0.05, 0.1) is 20.3 Å². The zero-order valence-electron chi connectivity index (χ0n) is 24.8. The quantitative estimate of drug-likeness (QED) is 0.141. The largest absolute Gasteiger partial charge is 0.493 e. The highest BCUT2D eigenvalue weighted by atomic mass is 16.5. The van der Waals surface area contributed by atoms with E-state index in [4.69, 9.17) is 9.47 Å². The minimum atomic E-state index is 0.0485. The molecule has 1 heterocycles. The highest BCUT2D eigenvalue weighted by Gasteiger charge is 2.31. The van der Waals surface area contributed by atoms with Crippen LogP contribution in [0.5, 0.6) is 11.5 Å². The predicted molar refractivity (Wildman–Crippen MR) is 162 cm³/mol. The molecule has 0 aliphatic carbocycles. The van der Waals surface area contributed by atoms with Crippen LogP contribution < -0.4 is 9.47 Å². The van der Waals surface area contributed by atoms with E-state index in [1.807, 2.05) is 12.1 Å². The number of hydrogen-bond acceptors (Lipinski definition) is 3. The van der Waals surface area contributed by atoms with E-state index in [1.165, 1.54) is 81.8 Å². The van der Waals surface area contributed by atoms with Gasteiger partial charge in [0.25, 0.3) is 0 Å².